The number of amides is 2. The topological polar surface area (TPSA) is 80.6 Å². The Hall–Kier alpha value is -3.61. The van der Waals surface area contributed by atoms with E-state index in [1.807, 2.05) is 0 Å². The molecule has 2 heterocycles. The van der Waals surface area contributed by atoms with Gasteiger partial charge in [0, 0.05) is 18.5 Å². The minimum absolute atomic E-state index is 0.196. The van der Waals surface area contributed by atoms with Crippen LogP contribution in [0.2, 0.25) is 0 Å². The monoisotopic (exact) mass is 394 g/mol. The second-order valence-electron chi connectivity index (χ2n) is 6.75. The third-order valence-corrected chi connectivity index (χ3v) is 4.59. The number of rotatable bonds is 5. The maximum atomic E-state index is 13.8. The van der Waals surface area contributed by atoms with Crippen molar-refractivity contribution in [3.05, 3.63) is 66.2 Å². The predicted molar refractivity (Wildman–Crippen MR) is 106 cm³/mol. The molecule has 1 aromatic heterocycles. The smallest absolute Gasteiger partial charge is 0.265 e. The lowest BCUT2D eigenvalue weighted by atomic mass is 10.1. The summed E-state index contributed by atoms with van der Waals surface area (Å²) >= 11 is 0. The number of hydrogen-bond donors (Lipinski definition) is 2. The van der Waals surface area contributed by atoms with Crippen LogP contribution in [0.4, 0.5) is 15.8 Å². The van der Waals surface area contributed by atoms with E-state index in [0.29, 0.717) is 40.6 Å². The number of aryl methyl sites for hydroxylation is 1. The third-order valence-electron chi connectivity index (χ3n) is 4.59. The number of carbonyl (C=O) groups excluding carboxylic acids is 2. The summed E-state index contributed by atoms with van der Waals surface area (Å²) in [7, 11) is 0. The highest BCUT2D eigenvalue weighted by atomic mass is 19.1. The molecule has 6 nitrogen and oxygen atoms in total. The van der Waals surface area contributed by atoms with E-state index in [2.05, 4.69) is 10.6 Å². The zero-order chi connectivity index (χ0) is 20.4. The molecule has 1 aliphatic rings. The van der Waals surface area contributed by atoms with Gasteiger partial charge >= 0.3 is 0 Å². The Morgan fingerprint density at radius 1 is 1.17 bits per heavy atom. The molecule has 0 saturated heterocycles. The summed E-state index contributed by atoms with van der Waals surface area (Å²) in [5, 5.41) is 5.53. The number of halogens is 1. The normalized spacial score (nSPS) is 15.2. The summed E-state index contributed by atoms with van der Waals surface area (Å²) in [5.74, 6) is 0.793. The number of anilines is 2. The summed E-state index contributed by atoms with van der Waals surface area (Å²) in [6.45, 7) is 1.67. The molecule has 0 fully saturated rings. The first-order valence-corrected chi connectivity index (χ1v) is 9.24. The average Bonchev–Trinajstić information content (AvgIpc) is 3.17. The molecule has 0 saturated carbocycles. The molecule has 4 rings (SSSR count). The van der Waals surface area contributed by atoms with Crippen molar-refractivity contribution in [2.45, 2.75) is 25.9 Å². The molecule has 29 heavy (non-hydrogen) atoms. The third kappa shape index (κ3) is 4.13. The predicted octanol–water partition coefficient (Wildman–Crippen LogP) is 4.38. The number of ether oxygens (including phenoxy) is 1. The van der Waals surface area contributed by atoms with E-state index in [0.717, 1.165) is 0 Å². The van der Waals surface area contributed by atoms with Crippen LogP contribution in [0.15, 0.2) is 59.0 Å². The van der Waals surface area contributed by atoms with Gasteiger partial charge in [0.05, 0.1) is 11.3 Å². The van der Waals surface area contributed by atoms with Crippen molar-refractivity contribution in [1.82, 2.24) is 0 Å². The van der Waals surface area contributed by atoms with Crippen LogP contribution >= 0.6 is 0 Å². The van der Waals surface area contributed by atoms with E-state index in [1.54, 1.807) is 55.5 Å². The zero-order valence-electron chi connectivity index (χ0n) is 15.7. The molecule has 0 spiro atoms. The highest BCUT2D eigenvalue weighted by molar-refractivity contribution is 5.99. The van der Waals surface area contributed by atoms with E-state index < -0.39 is 6.10 Å². The van der Waals surface area contributed by atoms with Crippen LogP contribution in [0, 0.1) is 5.82 Å². The first-order valence-electron chi connectivity index (χ1n) is 9.24. The van der Waals surface area contributed by atoms with E-state index >= 15 is 0 Å². The van der Waals surface area contributed by atoms with Gasteiger partial charge in [-0.3, -0.25) is 9.59 Å². The lowest BCUT2D eigenvalue weighted by Gasteiger charge is -2.23. The van der Waals surface area contributed by atoms with Crippen molar-refractivity contribution in [3.63, 3.8) is 0 Å². The van der Waals surface area contributed by atoms with E-state index in [4.69, 9.17) is 9.15 Å². The van der Waals surface area contributed by atoms with Gasteiger partial charge < -0.3 is 19.8 Å². The average molecular weight is 394 g/mol. The Labute approximate surface area is 166 Å². The number of furan rings is 1. The molecule has 0 radical (unpaired) electrons. The number of benzene rings is 2. The summed E-state index contributed by atoms with van der Waals surface area (Å²) in [6.07, 6.45) is 0.0227. The number of fused-ring (bicyclic) bond motifs is 1. The van der Waals surface area contributed by atoms with Gasteiger partial charge in [-0.1, -0.05) is 12.1 Å². The standard InChI is InChI=1S/C22H19FN2O4/c1-13-22(27)25-18-12-14(6-9-20(18)28-13)24-21(26)11-8-15-7-10-19(29-15)16-4-2-3-5-17(16)23/h2-7,9-10,12-13H,8,11H2,1H3,(H,24,26)(H,25,27). The van der Waals surface area contributed by atoms with Gasteiger partial charge in [0.15, 0.2) is 6.10 Å². The number of hydrogen-bond acceptors (Lipinski definition) is 4. The molecule has 0 aliphatic carbocycles. The molecular formula is C22H19FN2O4. The first kappa shape index (κ1) is 18.7. The van der Waals surface area contributed by atoms with Crippen LogP contribution in [-0.4, -0.2) is 17.9 Å². The van der Waals surface area contributed by atoms with Crippen molar-refractivity contribution >= 4 is 23.2 Å². The van der Waals surface area contributed by atoms with Crippen molar-refractivity contribution in [2.24, 2.45) is 0 Å². The molecule has 2 amide bonds. The zero-order valence-corrected chi connectivity index (χ0v) is 15.7. The molecule has 7 heteroatoms. The number of nitrogens with one attached hydrogen (secondary N) is 2. The fourth-order valence-corrected chi connectivity index (χ4v) is 3.06. The Bertz CT molecular complexity index is 1080. The van der Waals surface area contributed by atoms with Crippen molar-refractivity contribution in [2.75, 3.05) is 10.6 Å². The number of carbonyl (C=O) groups is 2. The van der Waals surface area contributed by atoms with Gasteiger partial charge in [0.2, 0.25) is 5.91 Å². The first-order chi connectivity index (χ1) is 14.0. The van der Waals surface area contributed by atoms with Gasteiger partial charge in [0.25, 0.3) is 5.91 Å². The van der Waals surface area contributed by atoms with Gasteiger partial charge in [-0.2, -0.15) is 0 Å². The lowest BCUT2D eigenvalue weighted by Crippen LogP contribution is -2.34. The maximum Gasteiger partial charge on any atom is 0.265 e. The molecule has 0 bridgehead atoms. The van der Waals surface area contributed by atoms with Crippen LogP contribution in [-0.2, 0) is 16.0 Å². The van der Waals surface area contributed by atoms with Crippen LogP contribution in [0.3, 0.4) is 0 Å². The van der Waals surface area contributed by atoms with Crippen LogP contribution < -0.4 is 15.4 Å². The molecular weight excluding hydrogens is 375 g/mol. The van der Waals surface area contributed by atoms with Gasteiger partial charge in [-0.15, -0.1) is 0 Å². The van der Waals surface area contributed by atoms with Gasteiger partial charge in [0.1, 0.15) is 23.1 Å². The molecule has 148 valence electrons. The minimum Gasteiger partial charge on any atom is -0.479 e. The largest absolute Gasteiger partial charge is 0.479 e. The molecule has 1 unspecified atom stereocenters. The summed E-state index contributed by atoms with van der Waals surface area (Å²) in [4.78, 5) is 24.0. The van der Waals surface area contributed by atoms with Crippen molar-refractivity contribution in [3.8, 4) is 17.1 Å². The highest BCUT2D eigenvalue weighted by Crippen LogP contribution is 2.32. The Balaban J connectivity index is 1.36. The van der Waals surface area contributed by atoms with Gasteiger partial charge in [-0.25, -0.2) is 4.39 Å². The second kappa shape index (κ2) is 7.79. The molecule has 3 aromatic rings. The van der Waals surface area contributed by atoms with Crippen LogP contribution in [0.5, 0.6) is 5.75 Å². The molecule has 1 atom stereocenters. The van der Waals surface area contributed by atoms with E-state index in [9.17, 15) is 14.0 Å². The van der Waals surface area contributed by atoms with Crippen LogP contribution in [0.1, 0.15) is 19.1 Å². The Kier molecular flexibility index (Phi) is 5.03. The minimum atomic E-state index is -0.550. The lowest BCUT2D eigenvalue weighted by molar-refractivity contribution is -0.122. The van der Waals surface area contributed by atoms with E-state index in [1.165, 1.54) is 6.07 Å². The fourth-order valence-electron chi connectivity index (χ4n) is 3.06. The quantitative estimate of drug-likeness (QED) is 0.673. The highest BCUT2D eigenvalue weighted by Gasteiger charge is 2.23. The van der Waals surface area contributed by atoms with Gasteiger partial charge in [-0.05, 0) is 49.4 Å². The second-order valence-corrected chi connectivity index (χ2v) is 6.75. The van der Waals surface area contributed by atoms with E-state index in [-0.39, 0.29) is 24.1 Å². The summed E-state index contributed by atoms with van der Waals surface area (Å²) in [6, 6.07) is 14.9. The SMILES string of the molecule is CC1Oc2ccc(NC(=O)CCc3ccc(-c4ccccc4F)o3)cc2NC1=O. The molecule has 1 aliphatic heterocycles. The summed E-state index contributed by atoms with van der Waals surface area (Å²) in [5.41, 5.74) is 1.46. The van der Waals surface area contributed by atoms with Crippen LogP contribution in [0.25, 0.3) is 11.3 Å². The Morgan fingerprint density at radius 2 is 2.00 bits per heavy atom. The molecule has 2 aromatic carbocycles. The summed E-state index contributed by atoms with van der Waals surface area (Å²) < 4.78 is 25.0. The maximum absolute atomic E-state index is 13.8. The Morgan fingerprint density at radius 3 is 2.83 bits per heavy atom. The van der Waals surface area contributed by atoms with Crippen molar-refractivity contribution in [1.29, 1.82) is 0 Å². The fraction of sp³-hybridized carbons (Fsp3) is 0.182. The molecule has 2 N–H and O–H groups in total. The van der Waals surface area contributed by atoms with Crippen molar-refractivity contribution < 1.29 is 23.1 Å².